The molecule has 0 N–H and O–H groups in total. The maximum absolute atomic E-state index is 6.81. The number of hydrogen-bond acceptors (Lipinski definition) is 3. The molecule has 4 aliphatic rings. The van der Waals surface area contributed by atoms with Crippen LogP contribution in [0.5, 0.6) is 0 Å². The summed E-state index contributed by atoms with van der Waals surface area (Å²) >= 11 is 0. The number of benzene rings is 8. The normalized spacial score (nSPS) is 16.0. The Kier molecular flexibility index (Phi) is 7.49. The van der Waals surface area contributed by atoms with Crippen molar-refractivity contribution >= 4 is 78.2 Å². The second-order valence-corrected chi connectivity index (χ2v) is 22.2. The molecule has 5 heteroatoms. The Morgan fingerprint density at radius 1 is 0.613 bits per heavy atom. The van der Waals surface area contributed by atoms with Crippen LogP contribution in [0.2, 0.25) is 0 Å². The molecule has 9 aromatic rings. The van der Waals surface area contributed by atoms with Crippen LogP contribution in [-0.4, -0.2) is 19.4 Å². The average Bonchev–Trinajstić information content (AvgIpc) is 3.80. The fourth-order valence-electron chi connectivity index (χ4n) is 11.9. The average molecular weight is 819 g/mol. The highest BCUT2D eigenvalue weighted by molar-refractivity contribution is 8.33. The molecule has 0 atom stereocenters. The number of anilines is 5. The number of rotatable bonds is 5. The summed E-state index contributed by atoms with van der Waals surface area (Å²) in [6.45, 7) is 7.11. The molecule has 0 radical (unpaired) electrons. The lowest BCUT2D eigenvalue weighted by Crippen LogP contribution is -2.62. The van der Waals surface area contributed by atoms with Crippen molar-refractivity contribution in [3.05, 3.63) is 174 Å². The van der Waals surface area contributed by atoms with Crippen molar-refractivity contribution in [3.8, 4) is 33.4 Å². The van der Waals surface area contributed by atoms with Gasteiger partial charge in [0.05, 0.1) is 16.8 Å². The smallest absolute Gasteiger partial charge is 0.333 e. The molecule has 8 aromatic carbocycles. The summed E-state index contributed by atoms with van der Waals surface area (Å²) in [4.78, 5) is 8.31. The molecular formula is C57H47BN2OS. The molecule has 0 amide bonds. The number of nitrogens with zero attached hydrogens (tertiary/aromatic N) is 2. The number of hydrogen-bond donors (Lipinski definition) is 0. The third kappa shape index (κ3) is 4.64. The number of furan rings is 1. The van der Waals surface area contributed by atoms with Gasteiger partial charge >= 0.3 is 6.85 Å². The van der Waals surface area contributed by atoms with Gasteiger partial charge in [0.1, 0.15) is 11.2 Å². The van der Waals surface area contributed by atoms with Gasteiger partial charge in [-0.1, -0.05) is 136 Å². The van der Waals surface area contributed by atoms with Gasteiger partial charge in [-0.25, -0.2) is 0 Å². The second kappa shape index (κ2) is 12.8. The van der Waals surface area contributed by atoms with Gasteiger partial charge < -0.3 is 14.1 Å². The lowest BCUT2D eigenvalue weighted by molar-refractivity contribution is 0.662. The minimum atomic E-state index is -1.36. The fraction of sp³-hybridized carbons (Fsp3) is 0.158. The molecule has 0 saturated heterocycles. The molecule has 3 aliphatic heterocycles. The van der Waals surface area contributed by atoms with Gasteiger partial charge in [0.2, 0.25) is 0 Å². The van der Waals surface area contributed by atoms with Crippen LogP contribution in [0.4, 0.5) is 28.4 Å². The summed E-state index contributed by atoms with van der Waals surface area (Å²) in [6.07, 6.45) is 8.38. The molecule has 3 nitrogen and oxygen atoms in total. The van der Waals surface area contributed by atoms with Crippen molar-refractivity contribution in [2.45, 2.75) is 55.2 Å². The van der Waals surface area contributed by atoms with E-state index < -0.39 is 10.0 Å². The predicted molar refractivity (Wildman–Crippen MR) is 265 cm³/mol. The van der Waals surface area contributed by atoms with E-state index in [0.29, 0.717) is 0 Å². The molecule has 0 unspecified atom stereocenters. The summed E-state index contributed by atoms with van der Waals surface area (Å²) in [5.74, 6) is 0. The summed E-state index contributed by atoms with van der Waals surface area (Å²) in [5, 5.41) is 2.30. The molecule has 4 heterocycles. The lowest BCUT2D eigenvalue weighted by Gasteiger charge is -2.53. The topological polar surface area (TPSA) is 19.6 Å². The Morgan fingerprint density at radius 2 is 1.37 bits per heavy atom. The van der Waals surface area contributed by atoms with Crippen LogP contribution in [0.1, 0.15) is 50.3 Å². The Balaban J connectivity index is 1.25. The van der Waals surface area contributed by atoms with E-state index in [2.05, 4.69) is 201 Å². The van der Waals surface area contributed by atoms with Gasteiger partial charge in [-0.2, -0.15) is 10.0 Å². The third-order valence-electron chi connectivity index (χ3n) is 14.6. The maximum atomic E-state index is 6.81. The zero-order valence-corrected chi connectivity index (χ0v) is 36.7. The number of unbranched alkanes of at least 4 members (excludes halogenated alkanes) is 1. The van der Waals surface area contributed by atoms with Crippen molar-refractivity contribution in [1.82, 2.24) is 0 Å². The Labute approximate surface area is 366 Å². The van der Waals surface area contributed by atoms with Crippen LogP contribution < -0.4 is 20.6 Å². The van der Waals surface area contributed by atoms with E-state index in [4.69, 9.17) is 4.42 Å². The van der Waals surface area contributed by atoms with Crippen molar-refractivity contribution in [1.29, 1.82) is 0 Å². The summed E-state index contributed by atoms with van der Waals surface area (Å²) < 4.78 is 6.81. The van der Waals surface area contributed by atoms with Gasteiger partial charge in [0.25, 0.3) is 0 Å². The van der Waals surface area contributed by atoms with E-state index in [9.17, 15) is 0 Å². The van der Waals surface area contributed by atoms with Crippen LogP contribution in [0.3, 0.4) is 0 Å². The molecule has 0 spiro atoms. The first-order valence-electron chi connectivity index (χ1n) is 22.3. The van der Waals surface area contributed by atoms with Crippen LogP contribution in [0.25, 0.3) is 55.3 Å². The van der Waals surface area contributed by atoms with Gasteiger partial charge in [-0.3, -0.25) is 0 Å². The fourth-order valence-corrected chi connectivity index (χ4v) is 14.4. The number of para-hydroxylation sites is 3. The highest BCUT2D eigenvalue weighted by Gasteiger charge is 2.53. The van der Waals surface area contributed by atoms with E-state index in [0.717, 1.165) is 41.2 Å². The van der Waals surface area contributed by atoms with E-state index in [1.165, 1.54) is 99.2 Å². The van der Waals surface area contributed by atoms with Crippen LogP contribution in [0, 0.1) is 0 Å². The van der Waals surface area contributed by atoms with Gasteiger partial charge in [0, 0.05) is 48.8 Å². The Hall–Kier alpha value is -6.43. The molecule has 0 bridgehead atoms. The van der Waals surface area contributed by atoms with Gasteiger partial charge in [-0.15, -0.1) is 0 Å². The monoisotopic (exact) mass is 818 g/mol. The molecule has 62 heavy (non-hydrogen) atoms. The standard InChI is InChI=1S/C57H47BN2OS/c1-6-7-18-35-29-31-44(40(33-35)36-19-9-8-10-20-36)59-46-34-41-37-21-11-13-24-42(37)57(2,3)53(41)52-39-23-17-28-50-55(39)60(45-25-14-16-27-49(45)62(50,4)5)58(54(46)52)43-30-32-48-51(56(43)59)38-22-12-15-26-47(38)61-48/h8-17,19-34H,6-7,18H2,1-5H3. The molecular weight excluding hydrogens is 772 g/mol. The van der Waals surface area contributed by atoms with Crippen LogP contribution >= 0.6 is 10.0 Å². The highest BCUT2D eigenvalue weighted by Crippen LogP contribution is 2.70. The molecule has 1 aliphatic carbocycles. The molecule has 13 rings (SSSR count). The van der Waals surface area contributed by atoms with Crippen LogP contribution in [0.15, 0.2) is 172 Å². The van der Waals surface area contributed by atoms with Gasteiger partial charge in [-0.05, 0) is 124 Å². The highest BCUT2D eigenvalue weighted by atomic mass is 32.3. The Bertz CT molecular complexity index is 3380. The third-order valence-corrected chi connectivity index (χ3v) is 17.5. The first-order chi connectivity index (χ1) is 30.3. The summed E-state index contributed by atoms with van der Waals surface area (Å²) in [6, 6.07) is 59.9. The van der Waals surface area contributed by atoms with E-state index >= 15 is 0 Å². The zero-order valence-electron chi connectivity index (χ0n) is 35.9. The Morgan fingerprint density at radius 3 is 2.24 bits per heavy atom. The van der Waals surface area contributed by atoms with E-state index in [1.807, 2.05) is 0 Å². The van der Waals surface area contributed by atoms with Crippen molar-refractivity contribution in [2.75, 3.05) is 22.2 Å². The summed E-state index contributed by atoms with van der Waals surface area (Å²) in [7, 11) is -1.36. The second-order valence-electron chi connectivity index (χ2n) is 18.6. The van der Waals surface area contributed by atoms with Crippen molar-refractivity contribution in [2.24, 2.45) is 0 Å². The van der Waals surface area contributed by atoms with Crippen molar-refractivity contribution < 1.29 is 4.42 Å². The zero-order chi connectivity index (χ0) is 41.6. The minimum Gasteiger partial charge on any atom is -0.456 e. The van der Waals surface area contributed by atoms with Gasteiger partial charge in [0.15, 0.2) is 0 Å². The first kappa shape index (κ1) is 36.2. The summed E-state index contributed by atoms with van der Waals surface area (Å²) in [5.41, 5.74) is 22.7. The first-order valence-corrected chi connectivity index (χ1v) is 24.7. The lowest BCUT2D eigenvalue weighted by atomic mass is 9.42. The predicted octanol–water partition coefficient (Wildman–Crippen LogP) is 14.4. The molecule has 1 aromatic heterocycles. The van der Waals surface area contributed by atoms with Crippen molar-refractivity contribution in [3.63, 3.8) is 0 Å². The van der Waals surface area contributed by atoms with Crippen LogP contribution in [-0.2, 0) is 11.8 Å². The minimum absolute atomic E-state index is 0.0940. The molecule has 300 valence electrons. The SMILES string of the molecule is CCCCc1ccc(N2c3cc4c(c5c3B(c3ccc6oc7ccccc7c6c32)N2c3ccccc3S(C)(C)c3cccc-5c32)C(C)(C)c2ccccc2-4)c(-c2ccccc2)c1. The van der Waals surface area contributed by atoms with E-state index in [1.54, 1.807) is 0 Å². The molecule has 0 fully saturated rings. The largest absolute Gasteiger partial charge is 0.456 e. The molecule has 0 saturated carbocycles. The number of aryl methyl sites for hydroxylation is 1. The number of fused-ring (bicyclic) bond motifs is 14. The van der Waals surface area contributed by atoms with E-state index in [-0.39, 0.29) is 12.3 Å². The maximum Gasteiger partial charge on any atom is 0.333 e. The quantitative estimate of drug-likeness (QED) is 0.161.